The number of alkyl halides is 3. The minimum absolute atomic E-state index is 0.133. The maximum atomic E-state index is 12.4. The molecule has 146 valence electrons. The van der Waals surface area contributed by atoms with Gasteiger partial charge in [0.1, 0.15) is 5.82 Å². The molecule has 3 heterocycles. The molecule has 1 amide bonds. The maximum absolute atomic E-state index is 12.4. The van der Waals surface area contributed by atoms with Gasteiger partial charge in [-0.3, -0.25) is 14.6 Å². The van der Waals surface area contributed by atoms with Gasteiger partial charge in [-0.05, 0) is 17.7 Å². The number of carbonyl (C=O) groups is 1. The van der Waals surface area contributed by atoms with Crippen LogP contribution in [0.25, 0.3) is 11.1 Å². The molecule has 3 aromatic rings. The number of aromatic amines is 1. The minimum Gasteiger partial charge on any atom is -0.454 e. The smallest absolute Gasteiger partial charge is 0.390 e. The van der Waals surface area contributed by atoms with E-state index < -0.39 is 18.5 Å². The van der Waals surface area contributed by atoms with E-state index in [9.17, 15) is 18.0 Å². The zero-order valence-electron chi connectivity index (χ0n) is 14.3. The van der Waals surface area contributed by atoms with Gasteiger partial charge in [-0.2, -0.15) is 23.4 Å². The molecule has 2 N–H and O–H groups in total. The van der Waals surface area contributed by atoms with Gasteiger partial charge in [-0.25, -0.2) is 0 Å². The summed E-state index contributed by atoms with van der Waals surface area (Å²) in [7, 11) is 0. The molecule has 0 bridgehead atoms. The Kier molecular flexibility index (Phi) is 4.41. The van der Waals surface area contributed by atoms with Crippen LogP contribution in [-0.2, 0) is 6.54 Å². The molecular formula is C17H14F3N5O3. The molecular weight excluding hydrogens is 379 g/mol. The first kappa shape index (κ1) is 17.9. The van der Waals surface area contributed by atoms with Gasteiger partial charge in [0.05, 0.1) is 24.4 Å². The van der Waals surface area contributed by atoms with Crippen LogP contribution in [0.5, 0.6) is 11.5 Å². The number of halogens is 3. The Morgan fingerprint density at radius 3 is 2.89 bits per heavy atom. The lowest BCUT2D eigenvalue weighted by atomic mass is 10.1. The zero-order chi connectivity index (χ0) is 19.7. The number of nitrogens with zero attached hydrogens (tertiary/aromatic N) is 3. The van der Waals surface area contributed by atoms with E-state index >= 15 is 0 Å². The number of carbonyl (C=O) groups excluding carboxylic acids is 1. The van der Waals surface area contributed by atoms with Crippen LogP contribution >= 0.6 is 0 Å². The largest absolute Gasteiger partial charge is 0.454 e. The second-order valence-corrected chi connectivity index (χ2v) is 6.04. The van der Waals surface area contributed by atoms with Crippen LogP contribution in [0.2, 0.25) is 0 Å². The molecule has 1 aliphatic heterocycles. The number of hydrogen-bond donors (Lipinski definition) is 2. The van der Waals surface area contributed by atoms with E-state index in [0.29, 0.717) is 22.9 Å². The quantitative estimate of drug-likeness (QED) is 0.694. The van der Waals surface area contributed by atoms with Gasteiger partial charge in [-0.15, -0.1) is 0 Å². The first-order valence-electron chi connectivity index (χ1n) is 8.23. The Hall–Kier alpha value is -3.50. The summed E-state index contributed by atoms with van der Waals surface area (Å²) in [6.07, 6.45) is -1.30. The van der Waals surface area contributed by atoms with Gasteiger partial charge >= 0.3 is 6.18 Å². The summed E-state index contributed by atoms with van der Waals surface area (Å²) >= 11 is 0. The van der Waals surface area contributed by atoms with Crippen molar-refractivity contribution in [1.29, 1.82) is 0 Å². The van der Waals surface area contributed by atoms with Crippen molar-refractivity contribution in [2.75, 3.05) is 12.1 Å². The number of nitrogens with one attached hydrogen (secondary N) is 2. The lowest BCUT2D eigenvalue weighted by Gasteiger charge is -2.06. The topological polar surface area (TPSA) is 94.1 Å². The van der Waals surface area contributed by atoms with Crippen LogP contribution in [0.1, 0.15) is 16.8 Å². The zero-order valence-corrected chi connectivity index (χ0v) is 14.3. The molecule has 1 aliphatic rings. The second kappa shape index (κ2) is 6.91. The summed E-state index contributed by atoms with van der Waals surface area (Å²) in [5.74, 6) is 1.03. The van der Waals surface area contributed by atoms with Crippen molar-refractivity contribution < 1.29 is 27.4 Å². The van der Waals surface area contributed by atoms with Crippen LogP contribution < -0.4 is 14.8 Å². The minimum atomic E-state index is -4.29. The Labute approximate surface area is 156 Å². The number of amides is 1. The number of rotatable bonds is 5. The molecule has 0 radical (unpaired) electrons. The summed E-state index contributed by atoms with van der Waals surface area (Å²) in [4.78, 5) is 12.4. The summed E-state index contributed by atoms with van der Waals surface area (Å²) in [6.45, 7) is -0.213. The van der Waals surface area contributed by atoms with E-state index in [1.165, 1.54) is 12.4 Å². The monoisotopic (exact) mass is 393 g/mol. The lowest BCUT2D eigenvalue weighted by Crippen LogP contribution is -2.13. The van der Waals surface area contributed by atoms with Crippen molar-refractivity contribution in [3.05, 3.63) is 42.4 Å². The second-order valence-electron chi connectivity index (χ2n) is 6.04. The number of benzene rings is 1. The van der Waals surface area contributed by atoms with Gasteiger partial charge < -0.3 is 14.8 Å². The van der Waals surface area contributed by atoms with E-state index in [1.54, 1.807) is 24.4 Å². The fraction of sp³-hybridized carbons (Fsp3) is 0.235. The van der Waals surface area contributed by atoms with Crippen LogP contribution in [0.15, 0.2) is 36.8 Å². The lowest BCUT2D eigenvalue weighted by molar-refractivity contribution is -0.137. The number of H-pyrrole nitrogens is 1. The number of aryl methyl sites for hydroxylation is 1. The normalized spacial score (nSPS) is 13.0. The van der Waals surface area contributed by atoms with Crippen molar-refractivity contribution in [2.24, 2.45) is 0 Å². The highest BCUT2D eigenvalue weighted by molar-refractivity contribution is 6.05. The van der Waals surface area contributed by atoms with Gasteiger partial charge in [0.15, 0.2) is 11.5 Å². The first-order chi connectivity index (χ1) is 13.4. The average molecular weight is 393 g/mol. The molecule has 0 unspecified atom stereocenters. The van der Waals surface area contributed by atoms with Gasteiger partial charge in [0.2, 0.25) is 6.79 Å². The van der Waals surface area contributed by atoms with Gasteiger partial charge in [0, 0.05) is 18.3 Å². The molecule has 0 spiro atoms. The van der Waals surface area contributed by atoms with E-state index in [0.717, 1.165) is 10.2 Å². The van der Waals surface area contributed by atoms with Crippen molar-refractivity contribution in [3.63, 3.8) is 0 Å². The highest BCUT2D eigenvalue weighted by atomic mass is 19.4. The fourth-order valence-corrected chi connectivity index (χ4v) is 2.69. The molecule has 0 fully saturated rings. The van der Waals surface area contributed by atoms with Crippen LogP contribution in [0, 0.1) is 0 Å². The number of fused-ring (bicyclic) bond motifs is 1. The van der Waals surface area contributed by atoms with Crippen LogP contribution in [0.3, 0.4) is 0 Å². The maximum Gasteiger partial charge on any atom is 0.390 e. The number of ether oxygens (including phenoxy) is 2. The third-order valence-corrected chi connectivity index (χ3v) is 4.08. The predicted octanol–water partition coefficient (Wildman–Crippen LogP) is 3.21. The van der Waals surface area contributed by atoms with Crippen molar-refractivity contribution in [2.45, 2.75) is 19.1 Å². The van der Waals surface area contributed by atoms with Gasteiger partial charge in [0.25, 0.3) is 5.91 Å². The first-order valence-corrected chi connectivity index (χ1v) is 8.23. The molecule has 8 nitrogen and oxygen atoms in total. The average Bonchev–Trinajstić information content (AvgIpc) is 3.38. The van der Waals surface area contributed by atoms with E-state index in [-0.39, 0.29) is 18.9 Å². The highest BCUT2D eigenvalue weighted by Gasteiger charge is 2.27. The molecule has 11 heteroatoms. The van der Waals surface area contributed by atoms with Gasteiger partial charge in [-0.1, -0.05) is 6.07 Å². The fourth-order valence-electron chi connectivity index (χ4n) is 2.69. The molecule has 0 aliphatic carbocycles. The Morgan fingerprint density at radius 2 is 2.07 bits per heavy atom. The molecule has 28 heavy (non-hydrogen) atoms. The molecule has 0 saturated heterocycles. The Morgan fingerprint density at radius 1 is 1.25 bits per heavy atom. The molecule has 2 aromatic heterocycles. The van der Waals surface area contributed by atoms with Crippen molar-refractivity contribution in [1.82, 2.24) is 20.0 Å². The van der Waals surface area contributed by atoms with E-state index in [2.05, 4.69) is 20.6 Å². The van der Waals surface area contributed by atoms with Crippen LogP contribution in [-0.4, -0.2) is 38.9 Å². The third-order valence-electron chi connectivity index (χ3n) is 4.08. The third kappa shape index (κ3) is 3.77. The van der Waals surface area contributed by atoms with Crippen molar-refractivity contribution in [3.8, 4) is 22.6 Å². The summed E-state index contributed by atoms with van der Waals surface area (Å²) in [5.41, 5.74) is 1.50. The van der Waals surface area contributed by atoms with E-state index in [4.69, 9.17) is 9.47 Å². The standard InChI is InChI=1S/C17H14F3N5O3/c18-17(19,20)3-4-25-8-11(6-22-25)16(26)23-15-12(7-21-24-15)10-1-2-13-14(5-10)28-9-27-13/h1-2,5-8H,3-4,9H2,(H2,21,23,24,26). The summed E-state index contributed by atoms with van der Waals surface area (Å²) in [5, 5.41) is 13.1. The van der Waals surface area contributed by atoms with E-state index in [1.807, 2.05) is 0 Å². The molecule has 4 rings (SSSR count). The molecule has 1 aromatic carbocycles. The Bertz CT molecular complexity index is 1010. The van der Waals surface area contributed by atoms with Crippen molar-refractivity contribution >= 4 is 11.7 Å². The van der Waals surface area contributed by atoms with Crippen LogP contribution in [0.4, 0.5) is 19.0 Å². The SMILES string of the molecule is O=C(Nc1[nH]ncc1-c1ccc2c(c1)OCO2)c1cnn(CCC(F)(F)F)c1. The Balaban J connectivity index is 1.48. The highest BCUT2D eigenvalue weighted by Crippen LogP contribution is 2.37. The summed E-state index contributed by atoms with van der Waals surface area (Å²) in [6, 6.07) is 5.31. The predicted molar refractivity (Wildman–Crippen MR) is 91.0 cm³/mol. The summed E-state index contributed by atoms with van der Waals surface area (Å²) < 4.78 is 48.6. The number of hydrogen-bond acceptors (Lipinski definition) is 5. The number of anilines is 1. The molecule has 0 atom stereocenters. The molecule has 0 saturated carbocycles. The number of aromatic nitrogens is 4.